The van der Waals surface area contributed by atoms with E-state index in [1.165, 1.54) is 42.9 Å². The van der Waals surface area contributed by atoms with E-state index in [9.17, 15) is 27.5 Å². The third-order valence-electron chi connectivity index (χ3n) is 4.01. The lowest BCUT2D eigenvalue weighted by molar-refractivity contribution is -0.0692. The monoisotopic (exact) mass is 437 g/mol. The van der Waals surface area contributed by atoms with Crippen LogP contribution in [0, 0.1) is 0 Å². The van der Waals surface area contributed by atoms with Gasteiger partial charge in [0.1, 0.15) is 0 Å². The summed E-state index contributed by atoms with van der Waals surface area (Å²) >= 11 is 0. The number of aromatic nitrogens is 2. The third kappa shape index (κ3) is 5.81. The molecule has 1 N–H and O–H groups in total. The molecule has 0 saturated heterocycles. The van der Waals surface area contributed by atoms with E-state index >= 15 is 0 Å². The number of benzene rings is 2. The van der Waals surface area contributed by atoms with Crippen LogP contribution in [0.1, 0.15) is 16.1 Å². The van der Waals surface area contributed by atoms with E-state index in [2.05, 4.69) is 19.4 Å². The number of aromatic carboxylic acids is 1. The molecular formula is C20H15F4N3O4. The minimum absolute atomic E-state index is 0.0108. The van der Waals surface area contributed by atoms with Crippen LogP contribution in [-0.2, 0) is 6.54 Å². The van der Waals surface area contributed by atoms with Gasteiger partial charge >= 0.3 is 19.2 Å². The standard InChI is InChI=1S/C20H15F4N3O4/c21-19(22)30-16-5-4-15(9-17(16)31-20(23)24)27(11-13-10-25-6-7-26-13)14-3-1-2-12(8-14)18(28)29/h1-10,19-20H,11H2,(H,28,29). The Labute approximate surface area is 173 Å². The van der Waals surface area contributed by atoms with Crippen molar-refractivity contribution in [2.45, 2.75) is 19.8 Å². The van der Waals surface area contributed by atoms with Crippen molar-refractivity contribution in [3.05, 3.63) is 72.3 Å². The number of carboxylic acids is 1. The first-order chi connectivity index (χ1) is 14.8. The van der Waals surface area contributed by atoms with Crippen LogP contribution in [0.5, 0.6) is 11.5 Å². The van der Waals surface area contributed by atoms with Crippen molar-refractivity contribution in [1.29, 1.82) is 0 Å². The molecule has 0 amide bonds. The fourth-order valence-corrected chi connectivity index (χ4v) is 2.76. The van der Waals surface area contributed by atoms with Crippen molar-refractivity contribution in [3.8, 4) is 11.5 Å². The summed E-state index contributed by atoms with van der Waals surface area (Å²) in [5, 5.41) is 9.28. The van der Waals surface area contributed by atoms with E-state index in [1.54, 1.807) is 11.0 Å². The maximum Gasteiger partial charge on any atom is 0.387 e. The number of carbonyl (C=O) groups is 1. The number of hydrogen-bond donors (Lipinski definition) is 1. The smallest absolute Gasteiger partial charge is 0.387 e. The van der Waals surface area contributed by atoms with Crippen molar-refractivity contribution >= 4 is 17.3 Å². The highest BCUT2D eigenvalue weighted by Crippen LogP contribution is 2.37. The van der Waals surface area contributed by atoms with Crippen molar-refractivity contribution in [3.63, 3.8) is 0 Å². The summed E-state index contributed by atoms with van der Waals surface area (Å²) in [6, 6.07) is 9.36. The van der Waals surface area contributed by atoms with E-state index < -0.39 is 30.7 Å². The predicted molar refractivity (Wildman–Crippen MR) is 101 cm³/mol. The molecule has 0 aliphatic carbocycles. The van der Waals surface area contributed by atoms with Gasteiger partial charge in [-0.15, -0.1) is 0 Å². The number of anilines is 2. The lowest BCUT2D eigenvalue weighted by Gasteiger charge is -2.26. The van der Waals surface area contributed by atoms with Crippen molar-refractivity contribution < 1.29 is 36.9 Å². The molecule has 0 bridgehead atoms. The summed E-state index contributed by atoms with van der Waals surface area (Å²) in [5.41, 5.74) is 1.09. The fourth-order valence-electron chi connectivity index (χ4n) is 2.76. The fraction of sp³-hybridized carbons (Fsp3) is 0.150. The van der Waals surface area contributed by atoms with Gasteiger partial charge in [0.15, 0.2) is 11.5 Å². The number of rotatable bonds is 9. The minimum atomic E-state index is -3.28. The Morgan fingerprint density at radius 1 is 0.968 bits per heavy atom. The molecule has 162 valence electrons. The van der Waals surface area contributed by atoms with Crippen LogP contribution in [0.3, 0.4) is 0 Å². The molecule has 0 aliphatic rings. The summed E-state index contributed by atoms with van der Waals surface area (Å²) in [4.78, 5) is 21.0. The maximum absolute atomic E-state index is 12.8. The molecule has 1 heterocycles. The van der Waals surface area contributed by atoms with E-state index in [0.29, 0.717) is 11.4 Å². The highest BCUT2D eigenvalue weighted by Gasteiger charge is 2.19. The molecule has 3 aromatic rings. The topological polar surface area (TPSA) is 84.8 Å². The van der Waals surface area contributed by atoms with Crippen LogP contribution < -0.4 is 14.4 Å². The first-order valence-corrected chi connectivity index (χ1v) is 8.73. The molecule has 0 aliphatic heterocycles. The Bertz CT molecular complexity index is 1040. The molecule has 0 atom stereocenters. The van der Waals surface area contributed by atoms with Crippen LogP contribution in [0.25, 0.3) is 0 Å². The second-order valence-electron chi connectivity index (χ2n) is 6.03. The molecule has 0 unspecified atom stereocenters. The molecule has 11 heteroatoms. The maximum atomic E-state index is 12.8. The summed E-state index contributed by atoms with van der Waals surface area (Å²) < 4.78 is 59.5. The zero-order valence-corrected chi connectivity index (χ0v) is 15.7. The number of halogens is 4. The predicted octanol–water partition coefficient (Wildman–Crippen LogP) is 4.72. The van der Waals surface area contributed by atoms with Crippen LogP contribution in [0.4, 0.5) is 28.9 Å². The Morgan fingerprint density at radius 2 is 1.68 bits per heavy atom. The quantitative estimate of drug-likeness (QED) is 0.485. The Balaban J connectivity index is 2.08. The van der Waals surface area contributed by atoms with Gasteiger partial charge in [-0.1, -0.05) is 6.07 Å². The van der Waals surface area contributed by atoms with Gasteiger partial charge in [-0.05, 0) is 30.3 Å². The summed E-state index contributed by atoms with van der Waals surface area (Å²) in [7, 11) is 0. The van der Waals surface area contributed by atoms with Crippen LogP contribution in [-0.4, -0.2) is 34.3 Å². The Hall–Kier alpha value is -3.89. The summed E-state index contributed by atoms with van der Waals surface area (Å²) in [5.74, 6) is -2.34. The first-order valence-electron chi connectivity index (χ1n) is 8.73. The van der Waals surface area contributed by atoms with Gasteiger partial charge in [0.05, 0.1) is 24.0 Å². The van der Waals surface area contributed by atoms with Crippen molar-refractivity contribution in [2.75, 3.05) is 4.90 Å². The van der Waals surface area contributed by atoms with Crippen LogP contribution in [0.15, 0.2) is 61.1 Å². The van der Waals surface area contributed by atoms with Gasteiger partial charge < -0.3 is 19.5 Å². The molecule has 0 spiro atoms. The number of carboxylic acid groups (broad SMARTS) is 1. The van der Waals surface area contributed by atoms with Gasteiger partial charge in [-0.25, -0.2) is 4.79 Å². The lowest BCUT2D eigenvalue weighted by Crippen LogP contribution is -2.18. The van der Waals surface area contributed by atoms with Crippen LogP contribution >= 0.6 is 0 Å². The van der Waals surface area contributed by atoms with E-state index in [0.717, 1.165) is 12.1 Å². The van der Waals surface area contributed by atoms with Crippen molar-refractivity contribution in [1.82, 2.24) is 9.97 Å². The molecule has 7 nitrogen and oxygen atoms in total. The van der Waals surface area contributed by atoms with Gasteiger partial charge in [0, 0.05) is 29.8 Å². The van der Waals surface area contributed by atoms with E-state index in [-0.39, 0.29) is 17.8 Å². The highest BCUT2D eigenvalue weighted by atomic mass is 19.3. The Morgan fingerprint density at radius 3 is 2.32 bits per heavy atom. The van der Waals surface area contributed by atoms with Gasteiger partial charge in [0.2, 0.25) is 0 Å². The molecule has 0 radical (unpaired) electrons. The second kappa shape index (κ2) is 9.74. The van der Waals surface area contributed by atoms with Crippen molar-refractivity contribution in [2.24, 2.45) is 0 Å². The molecule has 0 fully saturated rings. The number of nitrogens with zero attached hydrogens (tertiary/aromatic N) is 3. The molecule has 2 aromatic carbocycles. The van der Waals surface area contributed by atoms with Gasteiger partial charge in [-0.3, -0.25) is 9.97 Å². The highest BCUT2D eigenvalue weighted by molar-refractivity contribution is 5.89. The zero-order valence-electron chi connectivity index (χ0n) is 15.7. The van der Waals surface area contributed by atoms with Crippen LogP contribution in [0.2, 0.25) is 0 Å². The molecule has 0 saturated carbocycles. The van der Waals surface area contributed by atoms with E-state index in [4.69, 9.17) is 0 Å². The number of hydrogen-bond acceptors (Lipinski definition) is 6. The van der Waals surface area contributed by atoms with E-state index in [1.807, 2.05) is 0 Å². The average molecular weight is 437 g/mol. The zero-order chi connectivity index (χ0) is 22.4. The molecule has 3 rings (SSSR count). The van der Waals surface area contributed by atoms with Gasteiger partial charge in [0.25, 0.3) is 0 Å². The third-order valence-corrected chi connectivity index (χ3v) is 4.01. The minimum Gasteiger partial charge on any atom is -0.478 e. The normalized spacial score (nSPS) is 10.9. The second-order valence-corrected chi connectivity index (χ2v) is 6.03. The number of ether oxygens (including phenoxy) is 2. The largest absolute Gasteiger partial charge is 0.478 e. The molecule has 31 heavy (non-hydrogen) atoms. The first kappa shape index (κ1) is 21.8. The molecular weight excluding hydrogens is 422 g/mol. The Kier molecular flexibility index (Phi) is 6.85. The lowest BCUT2D eigenvalue weighted by atomic mass is 10.1. The SMILES string of the molecule is O=C(O)c1cccc(N(Cc2cnccn2)c2ccc(OC(F)F)c(OC(F)F)c2)c1. The number of alkyl halides is 4. The van der Waals surface area contributed by atoms with Gasteiger partial charge in [-0.2, -0.15) is 17.6 Å². The summed E-state index contributed by atoms with van der Waals surface area (Å²) in [6.45, 7) is -6.45. The molecule has 1 aromatic heterocycles. The summed E-state index contributed by atoms with van der Waals surface area (Å²) in [6.07, 6.45) is 4.38. The average Bonchev–Trinajstić information content (AvgIpc) is 2.73.